The maximum atomic E-state index is 12.4. The van der Waals surface area contributed by atoms with Crippen molar-refractivity contribution in [1.82, 2.24) is 10.3 Å². The maximum absolute atomic E-state index is 12.4. The molecule has 0 aliphatic carbocycles. The van der Waals surface area contributed by atoms with E-state index in [0.717, 1.165) is 38.0 Å². The van der Waals surface area contributed by atoms with Gasteiger partial charge in [-0.25, -0.2) is 0 Å². The number of piperidine rings is 1. The molecule has 2 heterocycles. The molecule has 0 saturated carbocycles. The van der Waals surface area contributed by atoms with Crippen molar-refractivity contribution in [3.63, 3.8) is 0 Å². The normalized spacial score (nSPS) is 20.1. The third-order valence-electron chi connectivity index (χ3n) is 5.35. The molecule has 1 amide bonds. The molecule has 0 unspecified atom stereocenters. The Balaban J connectivity index is 1.42. The van der Waals surface area contributed by atoms with Gasteiger partial charge in [0.15, 0.2) is 0 Å². The van der Waals surface area contributed by atoms with Gasteiger partial charge >= 0.3 is 0 Å². The first-order chi connectivity index (χ1) is 12.6. The monoisotopic (exact) mass is 352 g/mol. The van der Waals surface area contributed by atoms with Crippen molar-refractivity contribution in [2.45, 2.75) is 45.7 Å². The van der Waals surface area contributed by atoms with Crippen molar-refractivity contribution in [3.05, 3.63) is 65.5 Å². The fourth-order valence-corrected chi connectivity index (χ4v) is 3.61. The Morgan fingerprint density at radius 1 is 1.15 bits per heavy atom. The van der Waals surface area contributed by atoms with Crippen LogP contribution in [0.2, 0.25) is 0 Å². The number of pyridine rings is 1. The first-order valence-corrected chi connectivity index (χ1v) is 9.71. The van der Waals surface area contributed by atoms with Gasteiger partial charge in [0.2, 0.25) is 5.91 Å². The average Bonchev–Trinajstić information content (AvgIpc) is 2.68. The van der Waals surface area contributed by atoms with Crippen LogP contribution in [0.5, 0.6) is 0 Å². The Hall–Kier alpha value is -2.20. The molecule has 3 rings (SSSR count). The standard InChI is InChI=1S/C22H29N3O/c1-17(2)20-7-5-18(6-8-20)16-25-12-9-21(10-13-25)22(26)24-15-19-4-3-11-23-14-19/h3-8,11,14,17,21H,9-10,12-13,15-16H2,1-2H3,(H,24,26)/p+1. The summed E-state index contributed by atoms with van der Waals surface area (Å²) in [5, 5.41) is 3.06. The first-order valence-electron chi connectivity index (χ1n) is 9.71. The molecular formula is C22H30N3O+. The number of aromatic nitrogens is 1. The highest BCUT2D eigenvalue weighted by atomic mass is 16.1. The average molecular weight is 353 g/mol. The summed E-state index contributed by atoms with van der Waals surface area (Å²) >= 11 is 0. The SMILES string of the molecule is CC(C)c1ccc(C[NH+]2CCC(C(=O)NCc3cccnc3)CC2)cc1. The minimum Gasteiger partial charge on any atom is -0.352 e. The minimum atomic E-state index is 0.152. The quantitative estimate of drug-likeness (QED) is 0.838. The Morgan fingerprint density at radius 2 is 1.88 bits per heavy atom. The predicted octanol–water partition coefficient (Wildman–Crippen LogP) is 2.32. The molecule has 26 heavy (non-hydrogen) atoms. The van der Waals surface area contributed by atoms with Crippen LogP contribution in [0.15, 0.2) is 48.8 Å². The van der Waals surface area contributed by atoms with E-state index < -0.39 is 0 Å². The highest BCUT2D eigenvalue weighted by Gasteiger charge is 2.27. The van der Waals surface area contributed by atoms with E-state index in [9.17, 15) is 4.79 Å². The summed E-state index contributed by atoms with van der Waals surface area (Å²) < 4.78 is 0. The molecule has 1 aromatic heterocycles. The smallest absolute Gasteiger partial charge is 0.223 e. The number of nitrogens with zero attached hydrogens (tertiary/aromatic N) is 1. The zero-order valence-electron chi connectivity index (χ0n) is 15.9. The van der Waals surface area contributed by atoms with E-state index in [1.165, 1.54) is 11.1 Å². The van der Waals surface area contributed by atoms with Crippen LogP contribution in [-0.2, 0) is 17.9 Å². The van der Waals surface area contributed by atoms with Crippen molar-refractivity contribution in [1.29, 1.82) is 0 Å². The Kier molecular flexibility index (Phi) is 6.40. The van der Waals surface area contributed by atoms with Gasteiger partial charge in [-0.05, 0) is 23.1 Å². The Morgan fingerprint density at radius 3 is 2.50 bits per heavy atom. The highest BCUT2D eigenvalue weighted by molar-refractivity contribution is 5.78. The number of hydrogen-bond acceptors (Lipinski definition) is 2. The van der Waals surface area contributed by atoms with Crippen molar-refractivity contribution < 1.29 is 9.69 Å². The molecule has 1 fully saturated rings. The van der Waals surface area contributed by atoms with Gasteiger partial charge in [-0.1, -0.05) is 44.2 Å². The second-order valence-electron chi connectivity index (χ2n) is 7.68. The number of benzene rings is 1. The molecule has 0 bridgehead atoms. The molecule has 4 nitrogen and oxygen atoms in total. The lowest BCUT2D eigenvalue weighted by atomic mass is 9.95. The summed E-state index contributed by atoms with van der Waals surface area (Å²) in [5.74, 6) is 0.922. The van der Waals surface area contributed by atoms with Gasteiger partial charge in [0.05, 0.1) is 13.1 Å². The molecule has 2 aromatic rings. The van der Waals surface area contributed by atoms with Gasteiger partial charge in [0.25, 0.3) is 0 Å². The van der Waals surface area contributed by atoms with E-state index in [1.54, 1.807) is 17.3 Å². The van der Waals surface area contributed by atoms with Gasteiger partial charge < -0.3 is 10.2 Å². The van der Waals surface area contributed by atoms with Crippen LogP contribution >= 0.6 is 0 Å². The van der Waals surface area contributed by atoms with Crippen LogP contribution in [0, 0.1) is 5.92 Å². The van der Waals surface area contributed by atoms with Gasteiger partial charge in [-0.2, -0.15) is 0 Å². The van der Waals surface area contributed by atoms with Crippen LogP contribution in [0.3, 0.4) is 0 Å². The number of quaternary nitrogens is 1. The zero-order chi connectivity index (χ0) is 18.4. The van der Waals surface area contributed by atoms with Crippen LogP contribution in [0.25, 0.3) is 0 Å². The number of carbonyl (C=O) groups excluding carboxylic acids is 1. The van der Waals surface area contributed by atoms with E-state index in [1.807, 2.05) is 12.1 Å². The molecule has 1 aromatic carbocycles. The minimum absolute atomic E-state index is 0.152. The number of carbonyl (C=O) groups is 1. The van der Waals surface area contributed by atoms with Crippen molar-refractivity contribution in [2.24, 2.45) is 5.92 Å². The van der Waals surface area contributed by atoms with Gasteiger partial charge in [-0.3, -0.25) is 9.78 Å². The van der Waals surface area contributed by atoms with E-state index in [0.29, 0.717) is 12.5 Å². The largest absolute Gasteiger partial charge is 0.352 e. The zero-order valence-corrected chi connectivity index (χ0v) is 15.9. The number of amides is 1. The molecule has 4 heteroatoms. The van der Waals surface area contributed by atoms with E-state index >= 15 is 0 Å². The summed E-state index contributed by atoms with van der Waals surface area (Å²) in [6, 6.07) is 12.9. The molecule has 0 radical (unpaired) electrons. The third-order valence-corrected chi connectivity index (χ3v) is 5.35. The van der Waals surface area contributed by atoms with E-state index in [4.69, 9.17) is 0 Å². The summed E-state index contributed by atoms with van der Waals surface area (Å²) in [6.45, 7) is 8.22. The first kappa shape index (κ1) is 18.6. The van der Waals surface area contributed by atoms with Crippen LogP contribution in [0.4, 0.5) is 0 Å². The molecule has 1 aliphatic heterocycles. The lowest BCUT2D eigenvalue weighted by Gasteiger charge is -2.28. The number of likely N-dealkylation sites (tertiary alicyclic amines) is 1. The molecule has 138 valence electrons. The van der Waals surface area contributed by atoms with Gasteiger partial charge in [0.1, 0.15) is 6.54 Å². The van der Waals surface area contributed by atoms with E-state index in [-0.39, 0.29) is 11.8 Å². The number of nitrogens with one attached hydrogen (secondary N) is 2. The molecule has 1 saturated heterocycles. The summed E-state index contributed by atoms with van der Waals surface area (Å²) in [5.41, 5.74) is 3.84. The topological polar surface area (TPSA) is 46.4 Å². The summed E-state index contributed by atoms with van der Waals surface area (Å²) in [7, 11) is 0. The summed E-state index contributed by atoms with van der Waals surface area (Å²) in [4.78, 5) is 18.1. The fraction of sp³-hybridized carbons (Fsp3) is 0.455. The second-order valence-corrected chi connectivity index (χ2v) is 7.68. The fourth-order valence-electron chi connectivity index (χ4n) is 3.61. The number of hydrogen-bond donors (Lipinski definition) is 2. The second kappa shape index (κ2) is 8.95. The van der Waals surface area contributed by atoms with Gasteiger partial charge in [-0.15, -0.1) is 0 Å². The molecule has 1 aliphatic rings. The van der Waals surface area contributed by atoms with E-state index in [2.05, 4.69) is 48.4 Å². The predicted molar refractivity (Wildman–Crippen MR) is 104 cm³/mol. The van der Waals surface area contributed by atoms with Crippen molar-refractivity contribution in [3.8, 4) is 0 Å². The van der Waals surface area contributed by atoms with Crippen molar-refractivity contribution >= 4 is 5.91 Å². The number of rotatable bonds is 6. The molecule has 2 N–H and O–H groups in total. The third kappa shape index (κ3) is 5.15. The molecule has 0 spiro atoms. The van der Waals surface area contributed by atoms with Crippen LogP contribution in [-0.4, -0.2) is 24.0 Å². The lowest BCUT2D eigenvalue weighted by molar-refractivity contribution is -0.919. The lowest BCUT2D eigenvalue weighted by Crippen LogP contribution is -3.11. The molecular weight excluding hydrogens is 322 g/mol. The van der Waals surface area contributed by atoms with Gasteiger partial charge in [0, 0.05) is 43.3 Å². The maximum Gasteiger partial charge on any atom is 0.223 e. The Labute approximate surface area is 156 Å². The Bertz CT molecular complexity index is 689. The highest BCUT2D eigenvalue weighted by Crippen LogP contribution is 2.15. The van der Waals surface area contributed by atoms with Crippen LogP contribution < -0.4 is 10.2 Å². The van der Waals surface area contributed by atoms with Crippen molar-refractivity contribution in [2.75, 3.05) is 13.1 Å². The molecule has 0 atom stereocenters. The summed E-state index contributed by atoms with van der Waals surface area (Å²) in [6.07, 6.45) is 5.49. The van der Waals surface area contributed by atoms with Crippen LogP contribution in [0.1, 0.15) is 49.3 Å².